The highest BCUT2D eigenvalue weighted by molar-refractivity contribution is 9.10. The molecule has 0 aliphatic heterocycles. The van der Waals surface area contributed by atoms with Crippen LogP contribution in [0, 0.1) is 6.92 Å². The van der Waals surface area contributed by atoms with Crippen molar-refractivity contribution >= 4 is 21.7 Å². The van der Waals surface area contributed by atoms with Crippen LogP contribution in [0.25, 0.3) is 0 Å². The van der Waals surface area contributed by atoms with Crippen molar-refractivity contribution in [2.45, 2.75) is 13.5 Å². The second kappa shape index (κ2) is 6.64. The molecule has 0 radical (unpaired) electrons. The van der Waals surface area contributed by atoms with E-state index < -0.39 is 0 Å². The summed E-state index contributed by atoms with van der Waals surface area (Å²) in [6.45, 7) is 2.50. The van der Waals surface area contributed by atoms with E-state index in [0.717, 1.165) is 15.6 Å². The zero-order valence-electron chi connectivity index (χ0n) is 10.7. The van der Waals surface area contributed by atoms with Gasteiger partial charge in [0.1, 0.15) is 6.61 Å². The first-order chi connectivity index (χ1) is 9.16. The summed E-state index contributed by atoms with van der Waals surface area (Å²) < 4.78 is 6.48. The van der Waals surface area contributed by atoms with Gasteiger partial charge in [-0.2, -0.15) is 0 Å². The van der Waals surface area contributed by atoms with Gasteiger partial charge in [0.05, 0.1) is 6.61 Å². The van der Waals surface area contributed by atoms with Crippen molar-refractivity contribution < 1.29 is 9.53 Å². The summed E-state index contributed by atoms with van der Waals surface area (Å²) >= 11 is 3.45. The molecule has 2 aromatic carbocycles. The quantitative estimate of drug-likeness (QED) is 0.774. The predicted octanol–water partition coefficient (Wildman–Crippen LogP) is 4.16. The smallest absolute Gasteiger partial charge is 0.188 e. The number of carbonyl (C=O) groups is 1. The summed E-state index contributed by atoms with van der Waals surface area (Å²) in [6, 6.07) is 15.4. The van der Waals surface area contributed by atoms with Gasteiger partial charge in [0.2, 0.25) is 0 Å². The van der Waals surface area contributed by atoms with E-state index in [-0.39, 0.29) is 12.4 Å². The zero-order chi connectivity index (χ0) is 13.7. The van der Waals surface area contributed by atoms with Gasteiger partial charge in [-0.3, -0.25) is 4.79 Å². The first-order valence-corrected chi connectivity index (χ1v) is 6.87. The molecule has 0 fully saturated rings. The van der Waals surface area contributed by atoms with E-state index in [1.165, 1.54) is 0 Å². The number of carbonyl (C=O) groups excluding carboxylic acids is 1. The second-order valence-corrected chi connectivity index (χ2v) is 5.23. The largest absolute Gasteiger partial charge is 0.369 e. The number of rotatable bonds is 5. The van der Waals surface area contributed by atoms with Gasteiger partial charge in [-0.05, 0) is 24.6 Å². The Morgan fingerprint density at radius 2 is 1.95 bits per heavy atom. The molecule has 0 amide bonds. The topological polar surface area (TPSA) is 26.3 Å². The summed E-state index contributed by atoms with van der Waals surface area (Å²) in [5.74, 6) is 0.00996. The predicted molar refractivity (Wildman–Crippen MR) is 79.3 cm³/mol. The summed E-state index contributed by atoms with van der Waals surface area (Å²) in [5.41, 5.74) is 2.82. The Labute approximate surface area is 121 Å². The van der Waals surface area contributed by atoms with Crippen molar-refractivity contribution in [3.63, 3.8) is 0 Å². The van der Waals surface area contributed by atoms with E-state index in [4.69, 9.17) is 4.74 Å². The zero-order valence-corrected chi connectivity index (χ0v) is 12.3. The molecule has 0 aliphatic carbocycles. The summed E-state index contributed by atoms with van der Waals surface area (Å²) in [6.07, 6.45) is 0. The van der Waals surface area contributed by atoms with Crippen LogP contribution in [-0.2, 0) is 11.3 Å². The highest BCUT2D eigenvalue weighted by Crippen LogP contribution is 2.16. The Bertz CT molecular complexity index is 578. The molecule has 98 valence electrons. The lowest BCUT2D eigenvalue weighted by molar-refractivity contribution is 0.0725. The first kappa shape index (κ1) is 14.0. The van der Waals surface area contributed by atoms with Crippen molar-refractivity contribution in [3.05, 3.63) is 69.7 Å². The molecule has 0 unspecified atom stereocenters. The third-order valence-corrected chi connectivity index (χ3v) is 3.56. The van der Waals surface area contributed by atoms with E-state index >= 15 is 0 Å². The summed E-state index contributed by atoms with van der Waals surface area (Å²) in [7, 11) is 0. The monoisotopic (exact) mass is 318 g/mol. The van der Waals surface area contributed by atoms with Gasteiger partial charge >= 0.3 is 0 Å². The van der Waals surface area contributed by atoms with E-state index in [1.807, 2.05) is 55.5 Å². The Morgan fingerprint density at radius 1 is 1.16 bits per heavy atom. The lowest BCUT2D eigenvalue weighted by Crippen LogP contribution is -2.09. The van der Waals surface area contributed by atoms with Crippen LogP contribution in [0.1, 0.15) is 21.5 Å². The highest BCUT2D eigenvalue weighted by atomic mass is 79.9. The minimum absolute atomic E-state index is 0.00996. The molecule has 0 saturated heterocycles. The SMILES string of the molecule is Cc1cccc(C(=O)COCc2ccccc2Br)c1. The molecular weight excluding hydrogens is 304 g/mol. The van der Waals surface area contributed by atoms with Crippen molar-refractivity contribution in [1.82, 2.24) is 0 Å². The third kappa shape index (κ3) is 4.01. The molecule has 3 heteroatoms. The number of ketones is 1. The molecule has 19 heavy (non-hydrogen) atoms. The van der Waals surface area contributed by atoms with Crippen LogP contribution < -0.4 is 0 Å². The first-order valence-electron chi connectivity index (χ1n) is 6.08. The average Bonchev–Trinajstić information content (AvgIpc) is 2.41. The minimum atomic E-state index is 0.00996. The molecule has 0 atom stereocenters. The Balaban J connectivity index is 1.90. The maximum Gasteiger partial charge on any atom is 0.188 e. The van der Waals surface area contributed by atoms with Gasteiger partial charge in [-0.25, -0.2) is 0 Å². The fourth-order valence-corrected chi connectivity index (χ4v) is 2.17. The molecule has 0 bridgehead atoms. The summed E-state index contributed by atoms with van der Waals surface area (Å²) in [5, 5.41) is 0. The van der Waals surface area contributed by atoms with Crippen LogP contribution in [0.15, 0.2) is 53.0 Å². The minimum Gasteiger partial charge on any atom is -0.369 e. The van der Waals surface area contributed by atoms with Crippen molar-refractivity contribution in [1.29, 1.82) is 0 Å². The molecule has 0 aromatic heterocycles. The summed E-state index contributed by atoms with van der Waals surface area (Å²) in [4.78, 5) is 11.9. The standard InChI is InChI=1S/C16H15BrO2/c1-12-5-4-7-13(9-12)16(18)11-19-10-14-6-2-3-8-15(14)17/h2-9H,10-11H2,1H3. The maximum atomic E-state index is 11.9. The van der Waals surface area contributed by atoms with Gasteiger partial charge in [0.15, 0.2) is 5.78 Å². The van der Waals surface area contributed by atoms with Crippen LogP contribution in [-0.4, -0.2) is 12.4 Å². The van der Waals surface area contributed by atoms with E-state index in [1.54, 1.807) is 0 Å². The Kier molecular flexibility index (Phi) is 4.88. The van der Waals surface area contributed by atoms with Gasteiger partial charge in [-0.15, -0.1) is 0 Å². The van der Waals surface area contributed by atoms with Crippen LogP contribution in [0.4, 0.5) is 0 Å². The number of hydrogen-bond acceptors (Lipinski definition) is 2. The molecule has 0 spiro atoms. The van der Waals surface area contributed by atoms with E-state index in [0.29, 0.717) is 12.2 Å². The molecule has 0 saturated carbocycles. The Hall–Kier alpha value is -1.45. The number of benzene rings is 2. The van der Waals surface area contributed by atoms with Gasteiger partial charge < -0.3 is 4.74 Å². The van der Waals surface area contributed by atoms with Crippen LogP contribution >= 0.6 is 15.9 Å². The van der Waals surface area contributed by atoms with Gasteiger partial charge in [-0.1, -0.05) is 57.9 Å². The normalized spacial score (nSPS) is 10.4. The number of hydrogen-bond donors (Lipinski definition) is 0. The molecule has 0 heterocycles. The highest BCUT2D eigenvalue weighted by Gasteiger charge is 2.06. The average molecular weight is 319 g/mol. The maximum absolute atomic E-state index is 11.9. The van der Waals surface area contributed by atoms with Crippen LogP contribution in [0.3, 0.4) is 0 Å². The van der Waals surface area contributed by atoms with Crippen molar-refractivity contribution in [2.24, 2.45) is 0 Å². The molecule has 2 aromatic rings. The van der Waals surface area contributed by atoms with E-state index in [9.17, 15) is 4.79 Å². The third-order valence-electron chi connectivity index (χ3n) is 2.79. The number of ether oxygens (including phenoxy) is 1. The molecular formula is C16H15BrO2. The second-order valence-electron chi connectivity index (χ2n) is 4.38. The number of Topliss-reactive ketones (excluding diaryl/α,β-unsaturated/α-hetero) is 1. The van der Waals surface area contributed by atoms with E-state index in [2.05, 4.69) is 15.9 Å². The molecule has 2 nitrogen and oxygen atoms in total. The fourth-order valence-electron chi connectivity index (χ4n) is 1.77. The van der Waals surface area contributed by atoms with Gasteiger partial charge in [0.25, 0.3) is 0 Å². The lowest BCUT2D eigenvalue weighted by Gasteiger charge is -2.06. The fraction of sp³-hybridized carbons (Fsp3) is 0.188. The van der Waals surface area contributed by atoms with Crippen LogP contribution in [0.5, 0.6) is 0 Å². The number of halogens is 1. The lowest BCUT2D eigenvalue weighted by atomic mass is 10.1. The van der Waals surface area contributed by atoms with Crippen molar-refractivity contribution in [3.8, 4) is 0 Å². The molecule has 0 aliphatic rings. The van der Waals surface area contributed by atoms with Gasteiger partial charge in [0, 0.05) is 10.0 Å². The Morgan fingerprint density at radius 3 is 2.68 bits per heavy atom. The van der Waals surface area contributed by atoms with Crippen molar-refractivity contribution in [2.75, 3.05) is 6.61 Å². The molecule has 2 rings (SSSR count). The number of aryl methyl sites for hydroxylation is 1. The molecule has 0 N–H and O–H groups in total. The van der Waals surface area contributed by atoms with Crippen LogP contribution in [0.2, 0.25) is 0 Å².